The van der Waals surface area contributed by atoms with E-state index in [4.69, 9.17) is 9.51 Å². The molecule has 0 aliphatic carbocycles. The van der Waals surface area contributed by atoms with Crippen molar-refractivity contribution in [3.8, 4) is 11.3 Å². The first-order valence-electron chi connectivity index (χ1n) is 10.1. The Morgan fingerprint density at radius 3 is 2.52 bits per heavy atom. The number of piperazine rings is 1. The molecule has 1 aromatic carbocycles. The molecule has 8 nitrogen and oxygen atoms in total. The number of aryl methyl sites for hydroxylation is 2. The minimum atomic E-state index is -3.61. The maximum Gasteiger partial charge on any atom is 0.248 e. The Kier molecular flexibility index (Phi) is 5.17. The minimum absolute atomic E-state index is 0.197. The summed E-state index contributed by atoms with van der Waals surface area (Å²) in [4.78, 5) is 8.30. The molecule has 3 aromatic heterocycles. The molecule has 1 aliphatic rings. The monoisotopic (exact) mass is 457 g/mol. The summed E-state index contributed by atoms with van der Waals surface area (Å²) in [6.07, 6.45) is 2.05. The molecule has 162 valence electrons. The zero-order valence-electron chi connectivity index (χ0n) is 17.4. The average molecular weight is 458 g/mol. The molecule has 10 heteroatoms. The molecular formula is C21H23N5O3S2. The van der Waals surface area contributed by atoms with Gasteiger partial charge in [-0.15, -0.1) is 11.3 Å². The Hall–Kier alpha value is -2.53. The molecule has 0 saturated carbocycles. The van der Waals surface area contributed by atoms with Crippen molar-refractivity contribution in [2.75, 3.05) is 26.2 Å². The van der Waals surface area contributed by atoms with Gasteiger partial charge in [-0.25, -0.2) is 13.4 Å². The van der Waals surface area contributed by atoms with Gasteiger partial charge in [0.15, 0.2) is 10.7 Å². The van der Waals surface area contributed by atoms with Crippen LogP contribution in [-0.4, -0.2) is 58.3 Å². The summed E-state index contributed by atoms with van der Waals surface area (Å²) in [5, 5.41) is 5.84. The van der Waals surface area contributed by atoms with Gasteiger partial charge in [-0.05, 0) is 13.8 Å². The van der Waals surface area contributed by atoms with Crippen LogP contribution >= 0.6 is 11.3 Å². The van der Waals surface area contributed by atoms with Crippen LogP contribution in [0.4, 0.5) is 0 Å². The summed E-state index contributed by atoms with van der Waals surface area (Å²) in [6.45, 7) is 6.16. The van der Waals surface area contributed by atoms with E-state index in [-0.39, 0.29) is 4.90 Å². The quantitative estimate of drug-likeness (QED) is 0.458. The molecule has 4 heterocycles. The average Bonchev–Trinajstić information content (AvgIpc) is 3.45. The van der Waals surface area contributed by atoms with Gasteiger partial charge in [0, 0.05) is 49.9 Å². The van der Waals surface area contributed by atoms with Crippen LogP contribution < -0.4 is 0 Å². The third kappa shape index (κ3) is 3.59. The maximum atomic E-state index is 13.1. The Balaban J connectivity index is 1.36. The fourth-order valence-corrected chi connectivity index (χ4v) is 6.57. The summed E-state index contributed by atoms with van der Waals surface area (Å²) in [7, 11) is -3.61. The Bertz CT molecular complexity index is 1300. The zero-order chi connectivity index (χ0) is 21.6. The minimum Gasteiger partial charge on any atom is -0.360 e. The van der Waals surface area contributed by atoms with Crippen LogP contribution in [0.25, 0.3) is 16.2 Å². The van der Waals surface area contributed by atoms with Crippen LogP contribution in [0.1, 0.15) is 17.1 Å². The molecule has 0 radical (unpaired) electrons. The maximum absolute atomic E-state index is 13.1. The molecule has 0 amide bonds. The lowest BCUT2D eigenvalue weighted by Gasteiger charge is -2.33. The molecule has 5 rings (SSSR count). The van der Waals surface area contributed by atoms with Gasteiger partial charge < -0.3 is 4.52 Å². The highest BCUT2D eigenvalue weighted by atomic mass is 32.2. The van der Waals surface area contributed by atoms with Crippen molar-refractivity contribution in [2.45, 2.75) is 25.3 Å². The fraction of sp³-hybridized carbons (Fsp3) is 0.333. The highest BCUT2D eigenvalue weighted by Gasteiger charge is 2.33. The van der Waals surface area contributed by atoms with Crippen molar-refractivity contribution < 1.29 is 12.9 Å². The number of benzene rings is 1. The van der Waals surface area contributed by atoms with E-state index >= 15 is 0 Å². The summed E-state index contributed by atoms with van der Waals surface area (Å²) in [5.41, 5.74) is 3.61. The second kappa shape index (κ2) is 7.86. The van der Waals surface area contributed by atoms with Crippen molar-refractivity contribution in [3.63, 3.8) is 0 Å². The van der Waals surface area contributed by atoms with E-state index in [0.29, 0.717) is 44.2 Å². The first-order chi connectivity index (χ1) is 14.9. The summed E-state index contributed by atoms with van der Waals surface area (Å²) >= 11 is 1.61. The van der Waals surface area contributed by atoms with E-state index in [0.717, 1.165) is 21.9 Å². The molecular weight excluding hydrogens is 434 g/mol. The van der Waals surface area contributed by atoms with Crippen molar-refractivity contribution in [1.82, 2.24) is 23.7 Å². The van der Waals surface area contributed by atoms with Crippen LogP contribution in [0.3, 0.4) is 0 Å². The second-order valence-corrected chi connectivity index (χ2v) is 10.4. The number of aromatic nitrogens is 3. The number of hydrogen-bond acceptors (Lipinski definition) is 7. The van der Waals surface area contributed by atoms with E-state index in [2.05, 4.69) is 26.6 Å². The lowest BCUT2D eigenvalue weighted by atomic mass is 10.1. The van der Waals surface area contributed by atoms with Crippen LogP contribution in [-0.2, 0) is 16.6 Å². The van der Waals surface area contributed by atoms with Gasteiger partial charge >= 0.3 is 0 Å². The van der Waals surface area contributed by atoms with Gasteiger partial charge in [0.05, 0.1) is 11.4 Å². The van der Waals surface area contributed by atoms with Crippen LogP contribution in [0.2, 0.25) is 0 Å². The standard InChI is InChI=1S/C21H23N5O3S2/c1-15-20(16(2)29-23-15)31(27,28)25-10-8-24(9-11-25)14-18-19(17-6-4-3-5-7-17)22-21-26(18)12-13-30-21/h3-7,12-13H,8-11,14H2,1-2H3. The highest BCUT2D eigenvalue weighted by Crippen LogP contribution is 2.29. The van der Waals surface area contributed by atoms with E-state index in [9.17, 15) is 8.42 Å². The van der Waals surface area contributed by atoms with Crippen molar-refractivity contribution in [3.05, 3.63) is 59.1 Å². The van der Waals surface area contributed by atoms with Crippen LogP contribution in [0, 0.1) is 13.8 Å². The number of sulfonamides is 1. The molecule has 1 fully saturated rings. The molecule has 31 heavy (non-hydrogen) atoms. The van der Waals surface area contributed by atoms with E-state index < -0.39 is 10.0 Å². The van der Waals surface area contributed by atoms with E-state index in [1.54, 1.807) is 25.2 Å². The summed E-state index contributed by atoms with van der Waals surface area (Å²) in [6, 6.07) is 10.2. The molecule has 4 aromatic rings. The molecule has 0 unspecified atom stereocenters. The van der Waals surface area contributed by atoms with Gasteiger partial charge in [0.25, 0.3) is 0 Å². The number of fused-ring (bicyclic) bond motifs is 1. The predicted molar refractivity (Wildman–Crippen MR) is 119 cm³/mol. The molecule has 1 aliphatic heterocycles. The fourth-order valence-electron chi connectivity index (χ4n) is 4.12. The number of hydrogen-bond donors (Lipinski definition) is 0. The lowest BCUT2D eigenvalue weighted by molar-refractivity contribution is 0.179. The first-order valence-corrected chi connectivity index (χ1v) is 12.4. The van der Waals surface area contributed by atoms with Crippen molar-refractivity contribution in [1.29, 1.82) is 0 Å². The zero-order valence-corrected chi connectivity index (χ0v) is 19.0. The first kappa shape index (κ1) is 20.4. The predicted octanol–water partition coefficient (Wildman–Crippen LogP) is 3.17. The molecule has 0 atom stereocenters. The number of thiazole rings is 1. The largest absolute Gasteiger partial charge is 0.360 e. The Morgan fingerprint density at radius 2 is 1.84 bits per heavy atom. The van der Waals surface area contributed by atoms with E-state index in [1.807, 2.05) is 29.8 Å². The van der Waals surface area contributed by atoms with Gasteiger partial charge in [0.1, 0.15) is 10.6 Å². The molecule has 0 bridgehead atoms. The number of nitrogens with zero attached hydrogens (tertiary/aromatic N) is 5. The summed E-state index contributed by atoms with van der Waals surface area (Å²) < 4.78 is 34.9. The summed E-state index contributed by atoms with van der Waals surface area (Å²) in [5.74, 6) is 0.339. The number of rotatable bonds is 5. The normalized spacial score (nSPS) is 16.3. The Morgan fingerprint density at radius 1 is 1.10 bits per heavy atom. The van der Waals surface area contributed by atoms with E-state index in [1.165, 1.54) is 4.31 Å². The third-order valence-electron chi connectivity index (χ3n) is 5.68. The lowest BCUT2D eigenvalue weighted by Crippen LogP contribution is -2.48. The van der Waals surface area contributed by atoms with Crippen LogP contribution in [0.5, 0.6) is 0 Å². The molecule has 0 N–H and O–H groups in total. The molecule has 0 spiro atoms. The van der Waals surface area contributed by atoms with Gasteiger partial charge in [-0.3, -0.25) is 9.30 Å². The smallest absolute Gasteiger partial charge is 0.248 e. The van der Waals surface area contributed by atoms with Gasteiger partial charge in [-0.1, -0.05) is 35.5 Å². The third-order valence-corrected chi connectivity index (χ3v) is 8.58. The number of imidazole rings is 1. The van der Waals surface area contributed by atoms with Crippen LogP contribution in [0.15, 0.2) is 51.3 Å². The van der Waals surface area contributed by atoms with Crippen molar-refractivity contribution in [2.24, 2.45) is 0 Å². The van der Waals surface area contributed by atoms with Crippen molar-refractivity contribution >= 4 is 26.3 Å². The highest BCUT2D eigenvalue weighted by molar-refractivity contribution is 7.89. The van der Waals surface area contributed by atoms with Gasteiger partial charge in [0.2, 0.25) is 10.0 Å². The second-order valence-electron chi connectivity index (χ2n) is 7.66. The SMILES string of the molecule is Cc1noc(C)c1S(=O)(=O)N1CCN(Cc2c(-c3ccccc3)nc3sccn23)CC1. The Labute approximate surface area is 184 Å². The van der Waals surface area contributed by atoms with Gasteiger partial charge in [-0.2, -0.15) is 4.31 Å². The molecule has 1 saturated heterocycles. The topological polar surface area (TPSA) is 84.0 Å².